The minimum atomic E-state index is -0.202. The lowest BCUT2D eigenvalue weighted by molar-refractivity contribution is 0.0622. The zero-order valence-electron chi connectivity index (χ0n) is 11.9. The van der Waals surface area contributed by atoms with Gasteiger partial charge in [-0.2, -0.15) is 0 Å². The smallest absolute Gasteiger partial charge is 0.293 e. The van der Waals surface area contributed by atoms with Gasteiger partial charge in [-0.25, -0.2) is 4.98 Å². The molecule has 0 saturated carbocycles. The predicted molar refractivity (Wildman–Crippen MR) is 68.5 cm³/mol. The van der Waals surface area contributed by atoms with E-state index in [0.29, 0.717) is 12.4 Å². The molecule has 1 aromatic rings. The van der Waals surface area contributed by atoms with Crippen LogP contribution in [0, 0.1) is 0 Å². The van der Waals surface area contributed by atoms with Gasteiger partial charge in [0.1, 0.15) is 5.82 Å². The third kappa shape index (κ3) is 3.29. The van der Waals surface area contributed by atoms with Gasteiger partial charge < -0.3 is 9.64 Å². The Labute approximate surface area is 108 Å². The van der Waals surface area contributed by atoms with E-state index in [1.807, 2.05) is 27.7 Å². The fourth-order valence-electron chi connectivity index (χ4n) is 1.40. The lowest BCUT2D eigenvalue weighted by Gasteiger charge is -2.22. The molecule has 0 aliphatic carbocycles. The van der Waals surface area contributed by atoms with Gasteiger partial charge in [0.05, 0.1) is 12.6 Å². The highest BCUT2D eigenvalue weighted by Crippen LogP contribution is 2.17. The van der Waals surface area contributed by atoms with Gasteiger partial charge in [0, 0.05) is 19.6 Å². The number of hydrogen-bond acceptors (Lipinski definition) is 4. The molecular formula is C12H22N4O2. The Morgan fingerprint density at radius 1 is 1.50 bits per heavy atom. The molecular weight excluding hydrogens is 232 g/mol. The lowest BCUT2D eigenvalue weighted by atomic mass is 9.96. The molecule has 0 spiro atoms. The minimum absolute atomic E-state index is 0.0147. The van der Waals surface area contributed by atoms with Crippen LogP contribution in [0.4, 0.5) is 0 Å². The molecule has 6 nitrogen and oxygen atoms in total. The van der Waals surface area contributed by atoms with Crippen LogP contribution < -0.4 is 0 Å². The van der Waals surface area contributed by atoms with Crippen LogP contribution in [-0.2, 0) is 10.2 Å². The standard InChI is InChI=1S/C12H22N4O2/c1-8(7-18-6)16(5)10(17)9-13-11(15-14-9)12(2,3)4/h8H,7H2,1-6H3,(H,13,14,15). The van der Waals surface area contributed by atoms with Crippen molar-refractivity contribution < 1.29 is 9.53 Å². The summed E-state index contributed by atoms with van der Waals surface area (Å²) in [7, 11) is 3.33. The van der Waals surface area contributed by atoms with Crippen molar-refractivity contribution in [2.45, 2.75) is 39.2 Å². The summed E-state index contributed by atoms with van der Waals surface area (Å²) in [6.07, 6.45) is 0. The molecule has 6 heteroatoms. The number of rotatable bonds is 4. The van der Waals surface area contributed by atoms with Crippen LogP contribution in [0.1, 0.15) is 44.1 Å². The van der Waals surface area contributed by atoms with Crippen molar-refractivity contribution in [2.75, 3.05) is 20.8 Å². The SMILES string of the molecule is COCC(C)N(C)C(=O)c1n[nH]c(C(C)(C)C)n1. The summed E-state index contributed by atoms with van der Waals surface area (Å²) in [4.78, 5) is 18.0. The van der Waals surface area contributed by atoms with E-state index in [9.17, 15) is 4.79 Å². The summed E-state index contributed by atoms with van der Waals surface area (Å²) in [5.41, 5.74) is -0.151. The molecule has 1 atom stereocenters. The first kappa shape index (κ1) is 14.6. The number of aromatic nitrogens is 3. The van der Waals surface area contributed by atoms with Crippen LogP contribution in [0.25, 0.3) is 0 Å². The molecule has 1 aromatic heterocycles. The number of ether oxygens (including phenoxy) is 1. The summed E-state index contributed by atoms with van der Waals surface area (Å²) in [5.74, 6) is 0.704. The van der Waals surface area contributed by atoms with Crippen molar-refractivity contribution >= 4 is 5.91 Å². The minimum Gasteiger partial charge on any atom is -0.383 e. The van der Waals surface area contributed by atoms with E-state index in [2.05, 4.69) is 15.2 Å². The topological polar surface area (TPSA) is 71.1 Å². The largest absolute Gasteiger partial charge is 0.383 e. The molecule has 102 valence electrons. The van der Waals surface area contributed by atoms with Crippen LogP contribution in [0.15, 0.2) is 0 Å². The molecule has 0 saturated heterocycles. The molecule has 0 radical (unpaired) electrons. The van der Waals surface area contributed by atoms with E-state index >= 15 is 0 Å². The highest BCUT2D eigenvalue weighted by atomic mass is 16.5. The second-order valence-electron chi connectivity index (χ2n) is 5.48. The van der Waals surface area contributed by atoms with Gasteiger partial charge in [-0.15, -0.1) is 5.10 Å². The number of carbonyl (C=O) groups excluding carboxylic acids is 1. The van der Waals surface area contributed by atoms with Crippen molar-refractivity contribution in [1.82, 2.24) is 20.1 Å². The second kappa shape index (κ2) is 5.48. The summed E-state index contributed by atoms with van der Waals surface area (Å²) < 4.78 is 5.03. The predicted octanol–water partition coefficient (Wildman–Crippen LogP) is 1.21. The van der Waals surface area contributed by atoms with Gasteiger partial charge >= 0.3 is 0 Å². The van der Waals surface area contributed by atoms with Gasteiger partial charge in [-0.1, -0.05) is 20.8 Å². The Hall–Kier alpha value is -1.43. The maximum atomic E-state index is 12.1. The third-order valence-corrected chi connectivity index (χ3v) is 2.78. The molecule has 0 fully saturated rings. The molecule has 1 heterocycles. The second-order valence-corrected chi connectivity index (χ2v) is 5.48. The Morgan fingerprint density at radius 3 is 2.56 bits per heavy atom. The van der Waals surface area contributed by atoms with Crippen molar-refractivity contribution in [3.8, 4) is 0 Å². The van der Waals surface area contributed by atoms with Crippen molar-refractivity contribution in [3.05, 3.63) is 11.6 Å². The first-order chi connectivity index (χ1) is 8.27. The summed E-state index contributed by atoms with van der Waals surface area (Å²) in [6, 6.07) is -0.0147. The molecule has 1 N–H and O–H groups in total. The quantitative estimate of drug-likeness (QED) is 0.876. The average molecular weight is 254 g/mol. The number of nitrogens with zero attached hydrogens (tertiary/aromatic N) is 3. The maximum Gasteiger partial charge on any atom is 0.293 e. The van der Waals surface area contributed by atoms with Crippen LogP contribution in [0.3, 0.4) is 0 Å². The number of nitrogens with one attached hydrogen (secondary N) is 1. The number of aromatic amines is 1. The van der Waals surface area contributed by atoms with Gasteiger partial charge in [-0.05, 0) is 6.92 Å². The maximum absolute atomic E-state index is 12.1. The molecule has 0 aromatic carbocycles. The molecule has 1 amide bonds. The normalized spacial score (nSPS) is 13.4. The number of hydrogen-bond donors (Lipinski definition) is 1. The number of carbonyl (C=O) groups is 1. The van der Waals surface area contributed by atoms with E-state index in [-0.39, 0.29) is 23.2 Å². The third-order valence-electron chi connectivity index (χ3n) is 2.78. The Kier molecular flexibility index (Phi) is 4.45. The fourth-order valence-corrected chi connectivity index (χ4v) is 1.40. The van der Waals surface area contributed by atoms with Gasteiger partial charge in [0.2, 0.25) is 5.82 Å². The Morgan fingerprint density at radius 2 is 2.11 bits per heavy atom. The van der Waals surface area contributed by atoms with Crippen LogP contribution in [-0.4, -0.2) is 52.8 Å². The van der Waals surface area contributed by atoms with Crippen LogP contribution in [0.5, 0.6) is 0 Å². The summed E-state index contributed by atoms with van der Waals surface area (Å²) >= 11 is 0. The van der Waals surface area contributed by atoms with Crippen molar-refractivity contribution in [3.63, 3.8) is 0 Å². The van der Waals surface area contributed by atoms with Crippen molar-refractivity contribution in [2.24, 2.45) is 0 Å². The summed E-state index contributed by atoms with van der Waals surface area (Å²) in [6.45, 7) is 8.44. The highest BCUT2D eigenvalue weighted by molar-refractivity contribution is 5.90. The van der Waals surface area contributed by atoms with Crippen LogP contribution >= 0.6 is 0 Å². The van der Waals surface area contributed by atoms with E-state index in [4.69, 9.17) is 4.74 Å². The zero-order valence-corrected chi connectivity index (χ0v) is 11.9. The molecule has 1 unspecified atom stereocenters. The van der Waals surface area contributed by atoms with E-state index < -0.39 is 0 Å². The highest BCUT2D eigenvalue weighted by Gasteiger charge is 2.24. The Balaban J connectivity index is 2.82. The Bertz CT molecular complexity index is 408. The molecule has 0 aliphatic heterocycles. The number of H-pyrrole nitrogens is 1. The monoisotopic (exact) mass is 254 g/mol. The molecule has 0 aliphatic rings. The molecule has 18 heavy (non-hydrogen) atoms. The average Bonchev–Trinajstić information content (AvgIpc) is 2.76. The zero-order chi connectivity index (χ0) is 13.9. The number of amides is 1. The summed E-state index contributed by atoms with van der Waals surface area (Å²) in [5, 5.41) is 6.79. The first-order valence-corrected chi connectivity index (χ1v) is 5.96. The van der Waals surface area contributed by atoms with Gasteiger partial charge in [0.25, 0.3) is 5.91 Å². The van der Waals surface area contributed by atoms with Gasteiger partial charge in [0.15, 0.2) is 0 Å². The lowest BCUT2D eigenvalue weighted by Crippen LogP contribution is -2.38. The molecule has 1 rings (SSSR count). The van der Waals surface area contributed by atoms with Gasteiger partial charge in [-0.3, -0.25) is 9.89 Å². The van der Waals surface area contributed by atoms with E-state index in [0.717, 1.165) is 0 Å². The van der Waals surface area contributed by atoms with Crippen LogP contribution in [0.2, 0.25) is 0 Å². The number of methoxy groups -OCH3 is 1. The number of likely N-dealkylation sites (N-methyl/N-ethyl adjacent to an activating group) is 1. The first-order valence-electron chi connectivity index (χ1n) is 5.96. The molecule has 0 bridgehead atoms. The van der Waals surface area contributed by atoms with E-state index in [1.54, 1.807) is 19.1 Å². The van der Waals surface area contributed by atoms with E-state index in [1.165, 1.54) is 0 Å². The fraction of sp³-hybridized carbons (Fsp3) is 0.750. The van der Waals surface area contributed by atoms with Crippen molar-refractivity contribution in [1.29, 1.82) is 0 Å².